The monoisotopic (exact) mass is 398 g/mol. The fourth-order valence-corrected chi connectivity index (χ4v) is 4.59. The Morgan fingerprint density at radius 2 is 2.11 bits per heavy atom. The van der Waals surface area contributed by atoms with Gasteiger partial charge < -0.3 is 5.32 Å². The number of hydrazone groups is 1. The summed E-state index contributed by atoms with van der Waals surface area (Å²) in [5.74, 6) is -0.231. The molecule has 27 heavy (non-hydrogen) atoms. The van der Waals surface area contributed by atoms with E-state index in [2.05, 4.69) is 25.8 Å². The first-order chi connectivity index (χ1) is 13.0. The maximum Gasteiger partial charge on any atom is 0.262 e. The van der Waals surface area contributed by atoms with Crippen molar-refractivity contribution in [1.82, 2.24) is 19.8 Å². The first kappa shape index (κ1) is 17.6. The minimum absolute atomic E-state index is 0.231. The van der Waals surface area contributed by atoms with Gasteiger partial charge in [-0.25, -0.2) is 15.4 Å². The SMILES string of the molecule is Cc1nc2scc(C)n2c1/C=N\NC(=O)[C@H](C)Nc1nc2ccccc2s1. The highest BCUT2D eigenvalue weighted by Crippen LogP contribution is 2.25. The lowest BCUT2D eigenvalue weighted by Crippen LogP contribution is -2.34. The molecule has 0 unspecified atom stereocenters. The molecular formula is C18H18N6OS2. The topological polar surface area (TPSA) is 83.7 Å². The molecule has 0 aliphatic carbocycles. The number of anilines is 1. The second-order valence-corrected chi connectivity index (χ2v) is 8.03. The Labute approximate surface area is 163 Å². The molecule has 0 fully saturated rings. The smallest absolute Gasteiger partial charge is 0.262 e. The van der Waals surface area contributed by atoms with Gasteiger partial charge in [-0.1, -0.05) is 23.5 Å². The second kappa shape index (κ2) is 7.09. The predicted molar refractivity (Wildman–Crippen MR) is 111 cm³/mol. The fourth-order valence-electron chi connectivity index (χ4n) is 2.72. The number of benzene rings is 1. The Hall–Kier alpha value is -2.78. The average Bonchev–Trinajstić information content (AvgIpc) is 3.30. The lowest BCUT2D eigenvalue weighted by molar-refractivity contribution is -0.121. The summed E-state index contributed by atoms with van der Waals surface area (Å²) in [6, 6.07) is 7.42. The van der Waals surface area contributed by atoms with E-state index < -0.39 is 6.04 Å². The van der Waals surface area contributed by atoms with Gasteiger partial charge in [-0.05, 0) is 32.9 Å². The summed E-state index contributed by atoms with van der Waals surface area (Å²) >= 11 is 3.10. The number of nitrogens with zero attached hydrogens (tertiary/aromatic N) is 4. The molecule has 138 valence electrons. The normalized spacial score (nSPS) is 12.9. The van der Waals surface area contributed by atoms with Crippen molar-refractivity contribution in [3.8, 4) is 0 Å². The van der Waals surface area contributed by atoms with E-state index in [1.165, 1.54) is 11.3 Å². The van der Waals surface area contributed by atoms with Gasteiger partial charge in [0.15, 0.2) is 10.1 Å². The molecule has 1 amide bonds. The van der Waals surface area contributed by atoms with Crippen LogP contribution in [0.3, 0.4) is 0 Å². The number of hydrogen-bond acceptors (Lipinski definition) is 7. The summed E-state index contributed by atoms with van der Waals surface area (Å²) in [6.07, 6.45) is 1.64. The van der Waals surface area contributed by atoms with Crippen LogP contribution in [0.25, 0.3) is 15.2 Å². The number of aromatic nitrogens is 3. The van der Waals surface area contributed by atoms with Gasteiger partial charge >= 0.3 is 0 Å². The van der Waals surface area contributed by atoms with E-state index in [9.17, 15) is 4.79 Å². The number of imidazole rings is 1. The zero-order valence-corrected chi connectivity index (χ0v) is 16.7. The molecule has 3 aromatic heterocycles. The van der Waals surface area contributed by atoms with Crippen LogP contribution < -0.4 is 10.7 Å². The Balaban J connectivity index is 1.43. The molecule has 0 aliphatic heterocycles. The zero-order chi connectivity index (χ0) is 19.0. The number of amides is 1. The summed E-state index contributed by atoms with van der Waals surface area (Å²) in [7, 11) is 0. The van der Waals surface area contributed by atoms with Crippen LogP contribution in [-0.4, -0.2) is 32.5 Å². The first-order valence-corrected chi connectivity index (χ1v) is 10.1. The summed E-state index contributed by atoms with van der Waals surface area (Å²) in [5, 5.41) is 10.00. The molecule has 4 aromatic rings. The minimum Gasteiger partial charge on any atom is -0.350 e. The van der Waals surface area contributed by atoms with Crippen molar-refractivity contribution in [1.29, 1.82) is 0 Å². The summed E-state index contributed by atoms with van der Waals surface area (Å²) in [5.41, 5.74) is 6.35. The van der Waals surface area contributed by atoms with Crippen LogP contribution in [0.2, 0.25) is 0 Å². The van der Waals surface area contributed by atoms with E-state index in [4.69, 9.17) is 0 Å². The molecule has 0 aliphatic rings. The van der Waals surface area contributed by atoms with Gasteiger partial charge in [-0.3, -0.25) is 9.20 Å². The van der Waals surface area contributed by atoms with Crippen LogP contribution >= 0.6 is 22.7 Å². The average molecular weight is 399 g/mol. The molecule has 2 N–H and O–H groups in total. The third-order valence-electron chi connectivity index (χ3n) is 4.14. The lowest BCUT2D eigenvalue weighted by atomic mass is 10.3. The van der Waals surface area contributed by atoms with Crippen LogP contribution in [0.4, 0.5) is 5.13 Å². The summed E-state index contributed by atoms with van der Waals surface area (Å²) in [6.45, 7) is 5.73. The Bertz CT molecular complexity index is 1120. The molecule has 0 saturated heterocycles. The molecular weight excluding hydrogens is 380 g/mol. The van der Waals surface area contributed by atoms with Crippen molar-refractivity contribution in [3.05, 3.63) is 46.7 Å². The van der Waals surface area contributed by atoms with Gasteiger partial charge in [0.05, 0.1) is 27.8 Å². The fraction of sp³-hybridized carbons (Fsp3) is 0.222. The largest absolute Gasteiger partial charge is 0.350 e. The maximum absolute atomic E-state index is 12.3. The lowest BCUT2D eigenvalue weighted by Gasteiger charge is -2.10. The minimum atomic E-state index is -0.461. The molecule has 0 bridgehead atoms. The number of thiazole rings is 2. The standard InChI is InChI=1S/C18H18N6OS2/c1-10-9-26-18-21-11(2)14(24(10)18)8-19-23-16(25)12(3)20-17-22-13-6-4-5-7-15(13)27-17/h4-9,12H,1-3H3,(H,20,22)(H,23,25)/b19-8-/t12-/m0/s1. The number of para-hydroxylation sites is 1. The number of fused-ring (bicyclic) bond motifs is 2. The van der Waals surface area contributed by atoms with Gasteiger partial charge in [0.25, 0.3) is 5.91 Å². The first-order valence-electron chi connectivity index (χ1n) is 8.41. The molecule has 0 radical (unpaired) electrons. The van der Waals surface area contributed by atoms with Crippen LogP contribution in [0.1, 0.15) is 24.0 Å². The molecule has 0 saturated carbocycles. The summed E-state index contributed by atoms with van der Waals surface area (Å²) < 4.78 is 3.11. The number of aryl methyl sites for hydroxylation is 2. The van der Waals surface area contributed by atoms with Crippen LogP contribution in [-0.2, 0) is 4.79 Å². The van der Waals surface area contributed by atoms with Gasteiger partial charge in [0.1, 0.15) is 6.04 Å². The van der Waals surface area contributed by atoms with E-state index in [0.29, 0.717) is 5.13 Å². The predicted octanol–water partition coefficient (Wildman–Crippen LogP) is 3.57. The molecule has 3 heterocycles. The third kappa shape index (κ3) is 3.43. The molecule has 9 heteroatoms. The van der Waals surface area contributed by atoms with Crippen molar-refractivity contribution < 1.29 is 4.79 Å². The number of rotatable bonds is 5. The van der Waals surface area contributed by atoms with Crippen molar-refractivity contribution in [2.75, 3.05) is 5.32 Å². The van der Waals surface area contributed by atoms with Crippen molar-refractivity contribution in [3.63, 3.8) is 0 Å². The Morgan fingerprint density at radius 3 is 2.93 bits per heavy atom. The van der Waals surface area contributed by atoms with Gasteiger partial charge in [0, 0.05) is 11.1 Å². The summed E-state index contributed by atoms with van der Waals surface area (Å²) in [4.78, 5) is 22.2. The Morgan fingerprint density at radius 1 is 1.30 bits per heavy atom. The number of carbonyl (C=O) groups excluding carboxylic acids is 1. The molecule has 0 spiro atoms. The van der Waals surface area contributed by atoms with Crippen molar-refractivity contribution in [2.24, 2.45) is 5.10 Å². The van der Waals surface area contributed by atoms with Crippen LogP contribution in [0.15, 0.2) is 34.7 Å². The van der Waals surface area contributed by atoms with Crippen LogP contribution in [0, 0.1) is 13.8 Å². The second-order valence-electron chi connectivity index (χ2n) is 6.16. The highest BCUT2D eigenvalue weighted by molar-refractivity contribution is 7.22. The zero-order valence-electron chi connectivity index (χ0n) is 15.1. The third-order valence-corrected chi connectivity index (χ3v) is 6.05. The van der Waals surface area contributed by atoms with E-state index in [0.717, 1.165) is 32.3 Å². The van der Waals surface area contributed by atoms with Crippen molar-refractivity contribution in [2.45, 2.75) is 26.8 Å². The van der Waals surface area contributed by atoms with Gasteiger partial charge in [-0.15, -0.1) is 11.3 Å². The quantitative estimate of drug-likeness (QED) is 0.398. The van der Waals surface area contributed by atoms with E-state index in [1.807, 2.05) is 47.9 Å². The van der Waals surface area contributed by atoms with Gasteiger partial charge in [-0.2, -0.15) is 5.10 Å². The molecule has 4 rings (SSSR count). The number of hydrogen-bond donors (Lipinski definition) is 2. The maximum atomic E-state index is 12.3. The van der Waals surface area contributed by atoms with Gasteiger partial charge in [0.2, 0.25) is 0 Å². The molecule has 1 aromatic carbocycles. The molecule has 7 nitrogen and oxygen atoms in total. The van der Waals surface area contributed by atoms with E-state index in [1.54, 1.807) is 24.5 Å². The number of carbonyl (C=O) groups is 1. The number of nitrogens with one attached hydrogen (secondary N) is 2. The van der Waals surface area contributed by atoms with E-state index >= 15 is 0 Å². The van der Waals surface area contributed by atoms with E-state index in [-0.39, 0.29) is 5.91 Å². The van der Waals surface area contributed by atoms with Crippen LogP contribution in [0.5, 0.6) is 0 Å². The van der Waals surface area contributed by atoms with Crippen molar-refractivity contribution >= 4 is 55.1 Å². The highest BCUT2D eigenvalue weighted by atomic mass is 32.1. The molecule has 1 atom stereocenters. The Kier molecular flexibility index (Phi) is 4.63. The highest BCUT2D eigenvalue weighted by Gasteiger charge is 2.15.